The highest BCUT2D eigenvalue weighted by Gasteiger charge is 2.69. The number of rotatable bonds is 0. The van der Waals surface area contributed by atoms with Gasteiger partial charge >= 0.3 is 0 Å². The lowest BCUT2D eigenvalue weighted by atomic mass is 9.91. The molecule has 0 N–H and O–H groups in total. The van der Waals surface area contributed by atoms with Crippen molar-refractivity contribution in [2.75, 3.05) is 209 Å². The Morgan fingerprint density at radius 1 is 0.177 bits per heavy atom. The fraction of sp³-hybridized carbons (Fsp3) is 0.700. The quantitative estimate of drug-likeness (QED) is 0.208. The molecule has 512 valence electrons. The Hall–Kier alpha value is -3.76. The van der Waals surface area contributed by atoms with Crippen molar-refractivity contribution in [2.45, 2.75) is 153 Å². The monoisotopic (exact) mass is 1300 g/mol. The second kappa shape index (κ2) is 22.9. The van der Waals surface area contributed by atoms with Crippen LogP contribution < -0.4 is 0 Å². The normalized spacial score (nSPS) is 44.3. The van der Waals surface area contributed by atoms with E-state index < -0.39 is 0 Å². The van der Waals surface area contributed by atoms with Gasteiger partial charge in [0.2, 0.25) is 49.3 Å². The molecule has 17 heterocycles. The van der Waals surface area contributed by atoms with Crippen molar-refractivity contribution in [1.29, 1.82) is 0 Å². The van der Waals surface area contributed by atoms with E-state index in [1.54, 1.807) is 44.5 Å². The van der Waals surface area contributed by atoms with Crippen LogP contribution in [-0.2, 0) is 52.4 Å². The first-order valence-corrected chi connectivity index (χ1v) is 40.2. The molecular weight excluding hydrogens is 1180 g/mol. The molecular formula is C80H120N16+8. The van der Waals surface area contributed by atoms with E-state index in [9.17, 15) is 0 Å². The van der Waals surface area contributed by atoms with E-state index in [1.165, 1.54) is 349 Å². The van der Waals surface area contributed by atoms with E-state index in [-0.39, 0.29) is 0 Å². The van der Waals surface area contributed by atoms with Crippen LogP contribution >= 0.6 is 0 Å². The SMILES string of the molecule is c1cc2cc(c1)C[N+]13CCCN4CC[N+]5(CCCN(CC1)C5C43)Cc1cccc(c1)C[N+]13CCCN4CC[N+]5(CCCN(CC1)C5C43)Cc1cccc(c1)C[N+]13CCCN4CC[N+]5(CCCN(CC1)C5C43)Cc1cccc(c1)C[N+]13CCCN4CC[N+]5(CCCN(CC1)C5C43)C2. The molecule has 24 bridgehead atoms. The van der Waals surface area contributed by atoms with Crippen LogP contribution in [-0.4, -0.2) is 334 Å². The molecule has 0 saturated carbocycles. The van der Waals surface area contributed by atoms with Crippen LogP contribution in [0.2, 0.25) is 0 Å². The molecule has 16 atom stereocenters. The fourth-order valence-corrected chi connectivity index (χ4v) is 28.1. The van der Waals surface area contributed by atoms with Crippen molar-refractivity contribution in [2.24, 2.45) is 0 Å². The standard InChI is InChI=1S/C80H120N16/c1-13-65-53-66(14-1)58-90-38-6-22-82-32-48-92(40-8-24-84(30-46-90)76(92)74(82)90)60-68-16-3-18-70(55-68)62-94-42-10-26-86-36-52-96(44-12-28-88(34-50-94)80(96)78(86)94)64-72-20-4-19-71(56-72)63-95-43-11-27-87-33-49-93(41-9-25-85(35-51-95)77(93)79(87)95)61-69-17-2-15-67(54-69)59-91-39-7-23-83-29-45-89(57-65)37-5-21-81(31-47-91)73(89)75(83)91/h1-4,13-20,53-56,73-80H,5-12,21-52,57-64H2/q+8. The molecule has 16 unspecified atom stereocenters. The zero-order valence-electron chi connectivity index (χ0n) is 59.0. The molecule has 16 nitrogen and oxygen atoms in total. The first-order valence-electron chi connectivity index (χ1n) is 40.2. The Balaban J connectivity index is 0.660. The van der Waals surface area contributed by atoms with E-state index in [0.717, 1.165) is 0 Å². The predicted molar refractivity (Wildman–Crippen MR) is 375 cm³/mol. The van der Waals surface area contributed by atoms with Crippen molar-refractivity contribution in [3.05, 3.63) is 142 Å². The summed E-state index contributed by atoms with van der Waals surface area (Å²) in [5, 5.41) is 0. The zero-order chi connectivity index (χ0) is 63.1. The minimum absolute atomic E-state index is 0.569. The molecule has 16 heteroatoms. The van der Waals surface area contributed by atoms with Gasteiger partial charge in [0.1, 0.15) is 52.4 Å². The van der Waals surface area contributed by atoms with Gasteiger partial charge in [0.15, 0.2) is 0 Å². The molecule has 17 aliphatic rings. The van der Waals surface area contributed by atoms with Gasteiger partial charge in [-0.15, -0.1) is 0 Å². The summed E-state index contributed by atoms with van der Waals surface area (Å²) in [6.07, 6.45) is 15.3. The molecule has 0 amide bonds. The maximum absolute atomic E-state index is 3.07. The van der Waals surface area contributed by atoms with Gasteiger partial charge < -0.3 is 0 Å². The van der Waals surface area contributed by atoms with Crippen molar-refractivity contribution in [3.8, 4) is 0 Å². The summed E-state index contributed by atoms with van der Waals surface area (Å²) in [5.74, 6) is 0. The van der Waals surface area contributed by atoms with E-state index in [0.29, 0.717) is 49.3 Å². The summed E-state index contributed by atoms with van der Waals surface area (Å²) in [5.41, 5.74) is 13.0. The molecule has 0 spiro atoms. The molecule has 96 heavy (non-hydrogen) atoms. The van der Waals surface area contributed by atoms with Crippen LogP contribution in [0.4, 0.5) is 0 Å². The molecule has 0 aliphatic carbocycles. The van der Waals surface area contributed by atoms with Crippen LogP contribution in [0.3, 0.4) is 0 Å². The van der Waals surface area contributed by atoms with E-state index in [2.05, 4.69) is 136 Å². The van der Waals surface area contributed by atoms with Gasteiger partial charge in [-0.25, -0.2) is 39.2 Å². The van der Waals surface area contributed by atoms with E-state index in [1.807, 2.05) is 0 Å². The van der Waals surface area contributed by atoms with Crippen LogP contribution in [0.25, 0.3) is 0 Å². The van der Waals surface area contributed by atoms with Gasteiger partial charge in [0, 0.05) is 148 Å². The number of benzene rings is 4. The van der Waals surface area contributed by atoms with Crippen LogP contribution in [0, 0.1) is 0 Å². The Bertz CT molecular complexity index is 2950. The van der Waals surface area contributed by atoms with Crippen LogP contribution in [0.1, 0.15) is 95.9 Å². The zero-order valence-corrected chi connectivity index (χ0v) is 59.0. The smallest absolute Gasteiger partial charge is 0.214 e. The maximum Gasteiger partial charge on any atom is 0.214 e. The third-order valence-electron chi connectivity index (χ3n) is 31.5. The molecule has 0 radical (unpaired) electrons. The molecule has 16 saturated heterocycles. The number of quaternary nitrogens is 8. The van der Waals surface area contributed by atoms with Gasteiger partial charge in [0.05, 0.1) is 157 Å². The second-order valence-corrected chi connectivity index (χ2v) is 36.3. The molecule has 21 rings (SSSR count). The minimum atomic E-state index is 0.569. The number of nitrogens with zero attached hydrogens (tertiary/aromatic N) is 16. The highest BCUT2D eigenvalue weighted by atomic mass is 15.7. The van der Waals surface area contributed by atoms with E-state index in [4.69, 9.17) is 0 Å². The molecule has 4 aromatic rings. The van der Waals surface area contributed by atoms with Crippen LogP contribution in [0.15, 0.2) is 97.1 Å². The van der Waals surface area contributed by atoms with Crippen molar-refractivity contribution in [1.82, 2.24) is 39.2 Å². The van der Waals surface area contributed by atoms with Gasteiger partial charge in [-0.05, 0) is 24.3 Å². The first-order chi connectivity index (χ1) is 47.1. The van der Waals surface area contributed by atoms with Gasteiger partial charge in [-0.3, -0.25) is 35.9 Å². The lowest BCUT2D eigenvalue weighted by Crippen LogP contribution is -2.87. The van der Waals surface area contributed by atoms with E-state index >= 15 is 0 Å². The number of hydrogen-bond donors (Lipinski definition) is 0. The molecule has 16 fully saturated rings. The predicted octanol–water partition coefficient (Wildman–Crippen LogP) is 5.70. The second-order valence-electron chi connectivity index (χ2n) is 36.3. The molecule has 0 aromatic heterocycles. The summed E-state index contributed by atoms with van der Waals surface area (Å²) in [6.45, 7) is 51.0. The molecule has 17 aliphatic heterocycles. The van der Waals surface area contributed by atoms with Crippen LogP contribution in [0.5, 0.6) is 0 Å². The Labute approximate surface area is 576 Å². The van der Waals surface area contributed by atoms with Crippen molar-refractivity contribution < 1.29 is 35.9 Å². The average molecular weight is 1310 g/mol. The number of fused-ring (bicyclic) bond motifs is 8. The van der Waals surface area contributed by atoms with Gasteiger partial charge in [-0.2, -0.15) is 0 Å². The summed E-state index contributed by atoms with van der Waals surface area (Å²) < 4.78 is 10.2. The van der Waals surface area contributed by atoms with Gasteiger partial charge in [0.25, 0.3) is 0 Å². The average Bonchev–Trinajstić information content (AvgIpc) is 0.725. The Morgan fingerprint density at radius 2 is 0.312 bits per heavy atom. The number of piperazine rings is 8. The third-order valence-corrected chi connectivity index (χ3v) is 31.5. The lowest BCUT2D eigenvalue weighted by Gasteiger charge is -2.67. The summed E-state index contributed by atoms with van der Waals surface area (Å²) in [7, 11) is 0. The van der Waals surface area contributed by atoms with Crippen molar-refractivity contribution in [3.63, 3.8) is 0 Å². The summed E-state index contributed by atoms with van der Waals surface area (Å²) >= 11 is 0. The summed E-state index contributed by atoms with van der Waals surface area (Å²) in [6, 6.07) is 41.9. The highest BCUT2D eigenvalue weighted by Crippen LogP contribution is 2.50. The number of hydrogen-bond acceptors (Lipinski definition) is 8. The minimum Gasteiger partial charge on any atom is -0.297 e. The topological polar surface area (TPSA) is 25.9 Å². The maximum atomic E-state index is 3.07. The Kier molecular flexibility index (Phi) is 14.5. The van der Waals surface area contributed by atoms with Gasteiger partial charge in [-0.1, -0.05) is 72.8 Å². The summed E-state index contributed by atoms with van der Waals surface area (Å²) in [4.78, 5) is 24.5. The largest absolute Gasteiger partial charge is 0.297 e. The molecule has 4 aromatic carbocycles. The third kappa shape index (κ3) is 9.42. The first kappa shape index (κ1) is 61.0. The fourth-order valence-electron chi connectivity index (χ4n) is 28.1. The highest BCUT2D eigenvalue weighted by molar-refractivity contribution is 5.27. The Morgan fingerprint density at radius 3 is 0.448 bits per heavy atom. The lowest BCUT2D eigenvalue weighted by molar-refractivity contribution is -1.07. The van der Waals surface area contributed by atoms with Crippen molar-refractivity contribution >= 4 is 0 Å².